The van der Waals surface area contributed by atoms with Gasteiger partial charge in [-0.3, -0.25) is 0 Å². The molecule has 0 aliphatic heterocycles. The highest BCUT2D eigenvalue weighted by atomic mass is 79.9. The van der Waals surface area contributed by atoms with Gasteiger partial charge in [0.2, 0.25) is 5.88 Å². The maximum Gasteiger partial charge on any atom is 0.234 e. The molecule has 0 saturated heterocycles. The fourth-order valence-corrected chi connectivity index (χ4v) is 2.44. The van der Waals surface area contributed by atoms with Crippen molar-refractivity contribution in [3.63, 3.8) is 0 Å². The zero-order chi connectivity index (χ0) is 15.0. The van der Waals surface area contributed by atoms with Gasteiger partial charge in [-0.05, 0) is 34.1 Å². The van der Waals surface area contributed by atoms with Gasteiger partial charge in [0.05, 0.1) is 11.6 Å². The van der Waals surface area contributed by atoms with Crippen LogP contribution in [0.15, 0.2) is 29.1 Å². The lowest BCUT2D eigenvalue weighted by Gasteiger charge is -2.06. The second-order valence-electron chi connectivity index (χ2n) is 4.15. The van der Waals surface area contributed by atoms with E-state index in [1.807, 2.05) is 6.07 Å². The Bertz CT molecular complexity index is 886. The maximum absolute atomic E-state index is 13.9. The number of halogens is 2. The van der Waals surface area contributed by atoms with Crippen LogP contribution in [-0.4, -0.2) is 19.7 Å². The van der Waals surface area contributed by atoms with E-state index >= 15 is 0 Å². The van der Waals surface area contributed by atoms with Crippen molar-refractivity contribution in [2.75, 3.05) is 0 Å². The zero-order valence-corrected chi connectivity index (χ0v) is 12.3. The molecule has 2 heterocycles. The number of rotatable bonds is 2. The predicted molar refractivity (Wildman–Crippen MR) is 75.2 cm³/mol. The summed E-state index contributed by atoms with van der Waals surface area (Å²) in [5, 5.41) is 13.4. The first kappa shape index (κ1) is 13.5. The fourth-order valence-electron chi connectivity index (χ4n) is 1.85. The molecule has 0 aliphatic rings. The summed E-state index contributed by atoms with van der Waals surface area (Å²) in [4.78, 5) is 8.11. The number of fused-ring (bicyclic) bond motifs is 1. The van der Waals surface area contributed by atoms with Gasteiger partial charge in [0, 0.05) is 7.05 Å². The molecule has 2 aromatic heterocycles. The van der Waals surface area contributed by atoms with E-state index in [1.165, 1.54) is 18.5 Å². The number of hydrogen-bond donors (Lipinski definition) is 0. The van der Waals surface area contributed by atoms with Crippen LogP contribution < -0.4 is 4.74 Å². The molecule has 3 rings (SSSR count). The largest absolute Gasteiger partial charge is 0.435 e. The number of hydrogen-bond acceptors (Lipinski definition) is 5. The lowest BCUT2D eigenvalue weighted by Crippen LogP contribution is -1.95. The molecule has 3 aromatic rings. The Hall–Kier alpha value is -2.53. The number of benzene rings is 1. The van der Waals surface area contributed by atoms with Crippen molar-refractivity contribution in [1.29, 1.82) is 5.26 Å². The van der Waals surface area contributed by atoms with Gasteiger partial charge in [-0.15, -0.1) is 0 Å². The highest BCUT2D eigenvalue weighted by molar-refractivity contribution is 9.10. The Morgan fingerprint density at radius 1 is 1.38 bits per heavy atom. The Balaban J connectivity index is 2.09. The summed E-state index contributed by atoms with van der Waals surface area (Å²) in [6.07, 6.45) is 1.31. The van der Waals surface area contributed by atoms with E-state index in [1.54, 1.807) is 11.7 Å². The first-order valence-electron chi connectivity index (χ1n) is 5.81. The van der Waals surface area contributed by atoms with Crippen molar-refractivity contribution in [3.05, 3.63) is 40.5 Å². The smallest absolute Gasteiger partial charge is 0.234 e. The molecule has 0 unspecified atom stereocenters. The number of nitriles is 1. The Morgan fingerprint density at radius 3 is 2.90 bits per heavy atom. The van der Waals surface area contributed by atoms with E-state index in [-0.39, 0.29) is 17.2 Å². The van der Waals surface area contributed by atoms with Crippen molar-refractivity contribution < 1.29 is 9.13 Å². The number of ether oxygens (including phenoxy) is 1. The topological polar surface area (TPSA) is 76.6 Å². The molecule has 104 valence electrons. The average Bonchev–Trinajstić information content (AvgIpc) is 2.77. The summed E-state index contributed by atoms with van der Waals surface area (Å²) in [5.41, 5.74) is 0.774. The molecule has 0 bridgehead atoms. The van der Waals surface area contributed by atoms with Gasteiger partial charge in [-0.1, -0.05) is 0 Å². The molecule has 21 heavy (non-hydrogen) atoms. The van der Waals surface area contributed by atoms with Crippen LogP contribution in [0.4, 0.5) is 4.39 Å². The second-order valence-corrected chi connectivity index (χ2v) is 4.90. The summed E-state index contributed by atoms with van der Waals surface area (Å²) < 4.78 is 21.4. The van der Waals surface area contributed by atoms with E-state index in [0.717, 1.165) is 6.07 Å². The summed E-state index contributed by atoms with van der Waals surface area (Å²) in [6.45, 7) is 0. The van der Waals surface area contributed by atoms with Gasteiger partial charge < -0.3 is 4.74 Å². The Morgan fingerprint density at radius 2 is 2.19 bits per heavy atom. The molecule has 0 saturated carbocycles. The molecule has 0 aliphatic carbocycles. The molecule has 1 aromatic carbocycles. The van der Waals surface area contributed by atoms with Crippen molar-refractivity contribution in [2.24, 2.45) is 7.05 Å². The first-order valence-corrected chi connectivity index (χ1v) is 6.60. The lowest BCUT2D eigenvalue weighted by atomic mass is 10.2. The molecular weight excluding hydrogens is 341 g/mol. The quantitative estimate of drug-likeness (QED) is 0.712. The Kier molecular flexibility index (Phi) is 3.27. The summed E-state index contributed by atoms with van der Waals surface area (Å²) in [5.74, 6) is -0.478. The lowest BCUT2D eigenvalue weighted by molar-refractivity contribution is 0.431. The van der Waals surface area contributed by atoms with Crippen molar-refractivity contribution in [2.45, 2.75) is 0 Å². The molecule has 0 radical (unpaired) electrons. The van der Waals surface area contributed by atoms with Gasteiger partial charge in [0.1, 0.15) is 16.3 Å². The average molecular weight is 348 g/mol. The van der Waals surface area contributed by atoms with Crippen LogP contribution in [-0.2, 0) is 7.05 Å². The normalized spacial score (nSPS) is 10.6. The van der Waals surface area contributed by atoms with E-state index in [9.17, 15) is 4.39 Å². The molecule has 0 spiro atoms. The predicted octanol–water partition coefficient (Wildman–Crippen LogP) is 2.93. The Labute approximate surface area is 126 Å². The van der Waals surface area contributed by atoms with Crippen LogP contribution in [0.3, 0.4) is 0 Å². The minimum absolute atomic E-state index is 0.0234. The van der Waals surface area contributed by atoms with Crippen LogP contribution in [0, 0.1) is 17.1 Å². The third kappa shape index (κ3) is 2.32. The van der Waals surface area contributed by atoms with Crippen LogP contribution in [0.2, 0.25) is 0 Å². The van der Waals surface area contributed by atoms with Gasteiger partial charge in [0.25, 0.3) is 0 Å². The van der Waals surface area contributed by atoms with Crippen LogP contribution in [0.25, 0.3) is 11.0 Å². The number of aromatic nitrogens is 4. The van der Waals surface area contributed by atoms with Crippen LogP contribution >= 0.6 is 15.9 Å². The van der Waals surface area contributed by atoms with Crippen LogP contribution in [0.5, 0.6) is 11.6 Å². The first-order chi connectivity index (χ1) is 10.1. The number of aryl methyl sites for hydroxylation is 1. The van der Waals surface area contributed by atoms with E-state index in [0.29, 0.717) is 15.6 Å². The SMILES string of the molecule is Cn1nc(Br)c2c(Oc3ccc(C#N)cc3F)ncnc21. The minimum atomic E-state index is -0.638. The fraction of sp³-hybridized carbons (Fsp3) is 0.0769. The molecular formula is C13H7BrFN5O. The van der Waals surface area contributed by atoms with E-state index in [4.69, 9.17) is 10.00 Å². The van der Waals surface area contributed by atoms with Crippen LogP contribution in [0.1, 0.15) is 5.56 Å². The monoisotopic (exact) mass is 347 g/mol. The second kappa shape index (κ2) is 5.10. The minimum Gasteiger partial charge on any atom is -0.435 e. The third-order valence-electron chi connectivity index (χ3n) is 2.81. The maximum atomic E-state index is 13.9. The van der Waals surface area contributed by atoms with Crippen molar-refractivity contribution in [1.82, 2.24) is 19.7 Å². The van der Waals surface area contributed by atoms with Gasteiger partial charge in [-0.25, -0.2) is 19.0 Å². The summed E-state index contributed by atoms with van der Waals surface area (Å²) in [6, 6.07) is 5.81. The highest BCUT2D eigenvalue weighted by Crippen LogP contribution is 2.32. The van der Waals surface area contributed by atoms with Crippen molar-refractivity contribution in [3.8, 4) is 17.7 Å². The van der Waals surface area contributed by atoms with Gasteiger partial charge in [0.15, 0.2) is 17.2 Å². The molecule has 6 nitrogen and oxygen atoms in total. The molecule has 0 fully saturated rings. The third-order valence-corrected chi connectivity index (χ3v) is 3.37. The van der Waals surface area contributed by atoms with E-state index in [2.05, 4.69) is 31.0 Å². The standard InChI is InChI=1S/C13H7BrFN5O/c1-20-12-10(11(14)19-20)13(18-6-17-12)21-9-3-2-7(5-16)4-8(9)15/h2-4,6H,1H3. The molecule has 8 heteroatoms. The molecule has 0 atom stereocenters. The summed E-state index contributed by atoms with van der Waals surface area (Å²) in [7, 11) is 1.73. The zero-order valence-electron chi connectivity index (χ0n) is 10.7. The van der Waals surface area contributed by atoms with E-state index < -0.39 is 5.82 Å². The van der Waals surface area contributed by atoms with Gasteiger partial charge >= 0.3 is 0 Å². The van der Waals surface area contributed by atoms with Gasteiger partial charge in [-0.2, -0.15) is 10.4 Å². The highest BCUT2D eigenvalue weighted by Gasteiger charge is 2.16. The van der Waals surface area contributed by atoms with Crippen molar-refractivity contribution >= 4 is 27.0 Å². The summed E-state index contributed by atoms with van der Waals surface area (Å²) >= 11 is 3.29. The molecule has 0 amide bonds. The molecule has 0 N–H and O–H groups in total. The number of nitrogens with zero attached hydrogens (tertiary/aromatic N) is 5.